The van der Waals surface area contributed by atoms with Gasteiger partial charge in [-0.15, -0.1) is 0 Å². The molecule has 0 aliphatic heterocycles. The molecule has 0 aromatic carbocycles. The molecule has 0 atom stereocenters. The van der Waals surface area contributed by atoms with E-state index in [-0.39, 0.29) is 0 Å². The van der Waals surface area contributed by atoms with E-state index in [4.69, 9.17) is 0 Å². The summed E-state index contributed by atoms with van der Waals surface area (Å²) in [5, 5.41) is 0. The Bertz CT molecular complexity index is 11.1. The molecular weight excluding hydrogens is 67.0 g/mol. The molecule has 0 saturated heterocycles. The fourth-order valence-corrected chi connectivity index (χ4v) is 0.109. The number of hydrogen-bond donors (Lipinski definition) is 0. The molecule has 0 aliphatic carbocycles. The zero-order valence-electron chi connectivity index (χ0n) is 3.37. The fourth-order valence-electron chi connectivity index (χ4n) is 0.109. The van der Waals surface area contributed by atoms with Gasteiger partial charge in [0.2, 0.25) is 0 Å². The first-order chi connectivity index (χ1) is 2.41. The maximum atomic E-state index is 10.9. The molecule has 0 aliphatic rings. The lowest BCUT2D eigenvalue weighted by molar-refractivity contribution is 0.570. The van der Waals surface area contributed by atoms with Crippen LogP contribution < -0.4 is 0 Å². The molecule has 0 aromatic rings. The molecule has 0 amide bonds. The van der Waals surface area contributed by atoms with Gasteiger partial charge in [-0.3, -0.25) is 0 Å². The second-order valence-electron chi connectivity index (χ2n) is 0.943. The molecule has 0 unspecified atom stereocenters. The average molecular weight is 75.1 g/mol. The minimum atomic E-state index is 0.597. The topological polar surface area (TPSA) is 0 Å². The molecule has 0 heterocycles. The zero-order chi connectivity index (χ0) is 4.12. The Labute approximate surface area is 32.0 Å². The van der Waals surface area contributed by atoms with E-state index in [0.29, 0.717) is 13.1 Å². The summed E-state index contributed by atoms with van der Waals surface area (Å²) in [7, 11) is 0. The molecule has 0 rings (SSSR count). The Kier molecular flexibility index (Phi) is 3.87. The van der Waals surface area contributed by atoms with E-state index in [0.717, 1.165) is 6.42 Å². The van der Waals surface area contributed by atoms with Crippen LogP contribution in [0.5, 0.6) is 0 Å². The number of halogens is 1. The van der Waals surface area contributed by atoms with Crippen LogP contribution in [0.1, 0.15) is 19.8 Å². The molecule has 0 nitrogen and oxygen atoms in total. The minimum Gasteiger partial charge on any atom is -0.244 e. The van der Waals surface area contributed by atoms with Crippen molar-refractivity contribution >= 4 is 0 Å². The predicted octanol–water partition coefficient (Wildman–Crippen LogP) is 1.92. The normalized spacial score (nSPS) is 8.40. The van der Waals surface area contributed by atoms with Crippen molar-refractivity contribution in [1.29, 1.82) is 0 Å². The summed E-state index contributed by atoms with van der Waals surface area (Å²) in [4.78, 5) is 0. The van der Waals surface area contributed by atoms with Crippen molar-refractivity contribution in [3.63, 3.8) is 0 Å². The standard InChI is InChI=1S/C4H8F/c1-2-3-4-5/h4H,2-3H2,1H3. The van der Waals surface area contributed by atoms with Crippen LogP contribution in [-0.4, -0.2) is 0 Å². The molecule has 0 spiro atoms. The van der Waals surface area contributed by atoms with Gasteiger partial charge in [-0.1, -0.05) is 13.3 Å². The first-order valence-electron chi connectivity index (χ1n) is 1.83. The molecule has 1 heteroatoms. The molecule has 0 bridgehead atoms. The maximum absolute atomic E-state index is 10.9. The quantitative estimate of drug-likeness (QED) is 0.470. The van der Waals surface area contributed by atoms with E-state index in [2.05, 4.69) is 0 Å². The van der Waals surface area contributed by atoms with Gasteiger partial charge in [0.15, 0.2) is 0 Å². The fraction of sp³-hybridized carbons (Fsp3) is 0.750. The Morgan fingerprint density at radius 3 is 2.40 bits per heavy atom. The van der Waals surface area contributed by atoms with Gasteiger partial charge < -0.3 is 0 Å². The molecule has 0 fully saturated rings. The molecule has 0 N–H and O–H groups in total. The van der Waals surface area contributed by atoms with Crippen LogP contribution in [0.15, 0.2) is 0 Å². The molecule has 1 radical (unpaired) electrons. The lowest BCUT2D eigenvalue weighted by Crippen LogP contribution is -1.58. The first-order valence-corrected chi connectivity index (χ1v) is 1.83. The van der Waals surface area contributed by atoms with Gasteiger partial charge in [0, 0.05) is 0 Å². The summed E-state index contributed by atoms with van der Waals surface area (Å²) in [5.74, 6) is 0. The summed E-state index contributed by atoms with van der Waals surface area (Å²) < 4.78 is 10.9. The maximum Gasteiger partial charge on any atom is 0.131 e. The van der Waals surface area contributed by atoms with Gasteiger partial charge in [0.1, 0.15) is 6.67 Å². The van der Waals surface area contributed by atoms with E-state index in [9.17, 15) is 4.39 Å². The highest BCUT2D eigenvalue weighted by molar-refractivity contribution is 4.40. The average Bonchev–Trinajstić information content (AvgIpc) is 1.41. The highest BCUT2D eigenvalue weighted by atomic mass is 19.1. The van der Waals surface area contributed by atoms with Gasteiger partial charge in [-0.2, -0.15) is 0 Å². The van der Waals surface area contributed by atoms with Crippen LogP contribution in [0, 0.1) is 6.67 Å². The molecule has 31 valence electrons. The molecule has 0 aromatic heterocycles. The second kappa shape index (κ2) is 3.93. The summed E-state index contributed by atoms with van der Waals surface area (Å²) in [6, 6.07) is 0. The minimum absolute atomic E-state index is 0.597. The van der Waals surface area contributed by atoms with Crippen molar-refractivity contribution in [3.05, 3.63) is 6.67 Å². The van der Waals surface area contributed by atoms with Gasteiger partial charge in [-0.25, -0.2) is 4.39 Å². The van der Waals surface area contributed by atoms with Crippen molar-refractivity contribution in [2.75, 3.05) is 0 Å². The van der Waals surface area contributed by atoms with Crippen LogP contribution in [0.25, 0.3) is 0 Å². The zero-order valence-corrected chi connectivity index (χ0v) is 3.37. The van der Waals surface area contributed by atoms with Crippen LogP contribution in [0.2, 0.25) is 0 Å². The van der Waals surface area contributed by atoms with E-state index in [1.54, 1.807) is 0 Å². The summed E-state index contributed by atoms with van der Waals surface area (Å²) >= 11 is 0. The Hall–Kier alpha value is -0.0700. The number of unbranched alkanes of at least 4 members (excludes halogenated alkanes) is 1. The van der Waals surface area contributed by atoms with Crippen molar-refractivity contribution in [2.24, 2.45) is 0 Å². The summed E-state index contributed by atoms with van der Waals surface area (Å²) in [6.07, 6.45) is 1.51. The third kappa shape index (κ3) is 3.93. The van der Waals surface area contributed by atoms with E-state index < -0.39 is 0 Å². The van der Waals surface area contributed by atoms with Crippen molar-refractivity contribution < 1.29 is 4.39 Å². The highest BCUT2D eigenvalue weighted by Gasteiger charge is 1.73. The third-order valence-electron chi connectivity index (χ3n) is 0.398. The Morgan fingerprint density at radius 1 is 1.80 bits per heavy atom. The van der Waals surface area contributed by atoms with Gasteiger partial charge in [0.05, 0.1) is 0 Å². The first kappa shape index (κ1) is 4.93. The molecular formula is C4H8F. The SMILES string of the molecule is CCC[CH]F. The summed E-state index contributed by atoms with van der Waals surface area (Å²) in [6.45, 7) is 2.62. The smallest absolute Gasteiger partial charge is 0.131 e. The second-order valence-corrected chi connectivity index (χ2v) is 0.943. The van der Waals surface area contributed by atoms with Crippen molar-refractivity contribution in [1.82, 2.24) is 0 Å². The van der Waals surface area contributed by atoms with Crippen LogP contribution >= 0.6 is 0 Å². The van der Waals surface area contributed by atoms with Gasteiger partial charge in [-0.05, 0) is 6.42 Å². The van der Waals surface area contributed by atoms with Crippen molar-refractivity contribution in [3.8, 4) is 0 Å². The summed E-state index contributed by atoms with van der Waals surface area (Å²) in [5.41, 5.74) is 0. The van der Waals surface area contributed by atoms with Crippen LogP contribution in [0.4, 0.5) is 4.39 Å². The largest absolute Gasteiger partial charge is 0.244 e. The number of hydrogen-bond acceptors (Lipinski definition) is 0. The third-order valence-corrected chi connectivity index (χ3v) is 0.398. The van der Waals surface area contributed by atoms with E-state index in [1.807, 2.05) is 6.92 Å². The predicted molar refractivity (Wildman–Crippen MR) is 20.3 cm³/mol. The van der Waals surface area contributed by atoms with Crippen molar-refractivity contribution in [2.45, 2.75) is 19.8 Å². The van der Waals surface area contributed by atoms with Gasteiger partial charge >= 0.3 is 0 Å². The van der Waals surface area contributed by atoms with Crippen LogP contribution in [-0.2, 0) is 0 Å². The lowest BCUT2D eigenvalue weighted by atomic mass is 10.4. The molecule has 5 heavy (non-hydrogen) atoms. The Balaban J connectivity index is 2.19. The van der Waals surface area contributed by atoms with E-state index in [1.165, 1.54) is 0 Å². The van der Waals surface area contributed by atoms with E-state index >= 15 is 0 Å². The number of rotatable bonds is 2. The monoisotopic (exact) mass is 75.1 g/mol. The lowest BCUT2D eigenvalue weighted by Gasteiger charge is -1.75. The van der Waals surface area contributed by atoms with Gasteiger partial charge in [0.25, 0.3) is 0 Å². The highest BCUT2D eigenvalue weighted by Crippen LogP contribution is 1.89. The Morgan fingerprint density at radius 2 is 2.40 bits per heavy atom. The molecule has 0 saturated carbocycles. The van der Waals surface area contributed by atoms with Crippen LogP contribution in [0.3, 0.4) is 0 Å².